The molecule has 20 heavy (non-hydrogen) atoms. The van der Waals surface area contributed by atoms with E-state index >= 15 is 0 Å². The molecule has 0 unspecified atom stereocenters. The zero-order chi connectivity index (χ0) is 13.9. The van der Waals surface area contributed by atoms with E-state index in [1.54, 1.807) is 4.90 Å². The van der Waals surface area contributed by atoms with Gasteiger partial charge < -0.3 is 10.2 Å². The van der Waals surface area contributed by atoms with Crippen LogP contribution in [0.15, 0.2) is 30.3 Å². The Morgan fingerprint density at radius 2 is 1.85 bits per heavy atom. The van der Waals surface area contributed by atoms with Crippen LogP contribution in [0.4, 0.5) is 5.69 Å². The van der Waals surface area contributed by atoms with E-state index in [0.29, 0.717) is 13.0 Å². The molecule has 2 amide bonds. The van der Waals surface area contributed by atoms with Crippen molar-refractivity contribution in [3.05, 3.63) is 30.3 Å². The van der Waals surface area contributed by atoms with E-state index in [4.69, 9.17) is 0 Å². The number of carbonyl (C=O) groups excluding carboxylic acids is 2. The standard InChI is InChI=1S/C16H20N2O2/c19-15-10-13(17-16(20)12-6-4-5-7-12)11-18(15)14-8-2-1-3-9-14/h1-3,8-9,12-13H,4-7,10-11H2,(H,17,20)/t13-/m0/s1. The maximum atomic E-state index is 12.1. The van der Waals surface area contributed by atoms with Crippen LogP contribution in [-0.2, 0) is 9.59 Å². The van der Waals surface area contributed by atoms with Crippen molar-refractivity contribution in [2.75, 3.05) is 11.4 Å². The Morgan fingerprint density at radius 3 is 2.55 bits per heavy atom. The Kier molecular flexibility index (Phi) is 3.72. The second-order valence-corrected chi connectivity index (χ2v) is 5.73. The Bertz CT molecular complexity index is 494. The van der Waals surface area contributed by atoms with E-state index in [0.717, 1.165) is 31.4 Å². The van der Waals surface area contributed by atoms with Gasteiger partial charge in [0.25, 0.3) is 0 Å². The predicted molar refractivity (Wildman–Crippen MR) is 77.3 cm³/mol. The maximum absolute atomic E-state index is 12.1. The number of amides is 2. The first-order valence-electron chi connectivity index (χ1n) is 7.40. The van der Waals surface area contributed by atoms with Crippen LogP contribution in [-0.4, -0.2) is 24.4 Å². The number of rotatable bonds is 3. The molecule has 1 aromatic rings. The van der Waals surface area contributed by atoms with Gasteiger partial charge in [-0.3, -0.25) is 9.59 Å². The molecule has 1 saturated heterocycles. The second-order valence-electron chi connectivity index (χ2n) is 5.73. The molecule has 0 aromatic heterocycles. The average molecular weight is 272 g/mol. The summed E-state index contributed by atoms with van der Waals surface area (Å²) in [5.74, 6) is 0.388. The van der Waals surface area contributed by atoms with E-state index in [1.807, 2.05) is 30.3 Å². The lowest BCUT2D eigenvalue weighted by atomic mass is 10.1. The molecule has 1 aromatic carbocycles. The van der Waals surface area contributed by atoms with E-state index in [1.165, 1.54) is 0 Å². The van der Waals surface area contributed by atoms with Crippen molar-refractivity contribution in [3.63, 3.8) is 0 Å². The van der Waals surface area contributed by atoms with E-state index in [-0.39, 0.29) is 23.8 Å². The monoisotopic (exact) mass is 272 g/mol. The van der Waals surface area contributed by atoms with Crippen LogP contribution in [0.2, 0.25) is 0 Å². The third kappa shape index (κ3) is 2.69. The Hall–Kier alpha value is -1.84. The second kappa shape index (κ2) is 5.65. The van der Waals surface area contributed by atoms with Gasteiger partial charge in [0.2, 0.25) is 11.8 Å². The number of hydrogen-bond donors (Lipinski definition) is 1. The minimum Gasteiger partial charge on any atom is -0.351 e. The summed E-state index contributed by atoms with van der Waals surface area (Å²) in [6.45, 7) is 0.585. The molecule has 2 aliphatic rings. The summed E-state index contributed by atoms with van der Waals surface area (Å²) < 4.78 is 0. The molecule has 1 aliphatic heterocycles. The molecule has 0 spiro atoms. The molecular weight excluding hydrogens is 252 g/mol. The summed E-state index contributed by atoms with van der Waals surface area (Å²) in [4.78, 5) is 25.9. The lowest BCUT2D eigenvalue weighted by Crippen LogP contribution is -2.40. The van der Waals surface area contributed by atoms with Crippen LogP contribution >= 0.6 is 0 Å². The van der Waals surface area contributed by atoms with Crippen LogP contribution < -0.4 is 10.2 Å². The normalized spacial score (nSPS) is 23.3. The largest absolute Gasteiger partial charge is 0.351 e. The van der Waals surface area contributed by atoms with Crippen molar-refractivity contribution in [1.82, 2.24) is 5.32 Å². The number of nitrogens with one attached hydrogen (secondary N) is 1. The summed E-state index contributed by atoms with van der Waals surface area (Å²) in [7, 11) is 0. The van der Waals surface area contributed by atoms with Crippen LogP contribution in [0.3, 0.4) is 0 Å². The highest BCUT2D eigenvalue weighted by Crippen LogP contribution is 2.26. The van der Waals surface area contributed by atoms with Crippen molar-refractivity contribution < 1.29 is 9.59 Å². The topological polar surface area (TPSA) is 49.4 Å². The highest BCUT2D eigenvalue weighted by atomic mass is 16.2. The van der Waals surface area contributed by atoms with Gasteiger partial charge in [0, 0.05) is 24.6 Å². The van der Waals surface area contributed by atoms with Crippen LogP contribution in [0, 0.1) is 5.92 Å². The predicted octanol–water partition coefficient (Wildman–Crippen LogP) is 2.10. The van der Waals surface area contributed by atoms with Crippen molar-refractivity contribution >= 4 is 17.5 Å². The van der Waals surface area contributed by atoms with Gasteiger partial charge in [0.05, 0.1) is 6.04 Å². The van der Waals surface area contributed by atoms with Gasteiger partial charge in [0.15, 0.2) is 0 Å². The molecule has 0 bridgehead atoms. The number of hydrogen-bond acceptors (Lipinski definition) is 2. The highest BCUT2D eigenvalue weighted by molar-refractivity contribution is 5.96. The minimum atomic E-state index is -0.0455. The van der Waals surface area contributed by atoms with E-state index < -0.39 is 0 Å². The number of anilines is 1. The molecular formula is C16H20N2O2. The van der Waals surface area contributed by atoms with E-state index in [9.17, 15) is 9.59 Å². The smallest absolute Gasteiger partial charge is 0.229 e. The number of carbonyl (C=O) groups is 2. The molecule has 1 aliphatic carbocycles. The molecule has 1 atom stereocenters. The fourth-order valence-corrected chi connectivity index (χ4v) is 3.17. The number of para-hydroxylation sites is 1. The molecule has 1 heterocycles. The highest BCUT2D eigenvalue weighted by Gasteiger charge is 2.33. The van der Waals surface area contributed by atoms with E-state index in [2.05, 4.69) is 5.32 Å². The quantitative estimate of drug-likeness (QED) is 0.916. The minimum absolute atomic E-state index is 0.0455. The van der Waals surface area contributed by atoms with Crippen molar-refractivity contribution in [3.8, 4) is 0 Å². The van der Waals surface area contributed by atoms with Crippen molar-refractivity contribution in [2.24, 2.45) is 5.92 Å². The third-order valence-electron chi connectivity index (χ3n) is 4.27. The Morgan fingerprint density at radius 1 is 1.15 bits per heavy atom. The Labute approximate surface area is 119 Å². The molecule has 1 saturated carbocycles. The molecule has 2 fully saturated rings. The lowest BCUT2D eigenvalue weighted by molar-refractivity contribution is -0.125. The van der Waals surface area contributed by atoms with Gasteiger partial charge in [-0.2, -0.15) is 0 Å². The molecule has 1 N–H and O–H groups in total. The maximum Gasteiger partial charge on any atom is 0.229 e. The van der Waals surface area contributed by atoms with Crippen LogP contribution in [0.25, 0.3) is 0 Å². The first-order valence-corrected chi connectivity index (χ1v) is 7.40. The van der Waals surface area contributed by atoms with Gasteiger partial charge in [-0.1, -0.05) is 31.0 Å². The molecule has 3 rings (SSSR count). The van der Waals surface area contributed by atoms with Crippen molar-refractivity contribution in [1.29, 1.82) is 0 Å². The zero-order valence-electron chi connectivity index (χ0n) is 11.5. The summed E-state index contributed by atoms with van der Waals surface area (Å²) in [6, 6.07) is 9.59. The van der Waals surface area contributed by atoms with Gasteiger partial charge in [-0.05, 0) is 25.0 Å². The fourth-order valence-electron chi connectivity index (χ4n) is 3.17. The molecule has 106 valence electrons. The Balaban J connectivity index is 1.60. The first-order chi connectivity index (χ1) is 9.74. The summed E-state index contributed by atoms with van der Waals surface area (Å²) in [5.41, 5.74) is 0.912. The van der Waals surface area contributed by atoms with Gasteiger partial charge >= 0.3 is 0 Å². The molecule has 4 nitrogen and oxygen atoms in total. The zero-order valence-corrected chi connectivity index (χ0v) is 11.5. The SMILES string of the molecule is O=C(N[C@H]1CC(=O)N(c2ccccc2)C1)C1CCCC1. The third-order valence-corrected chi connectivity index (χ3v) is 4.27. The number of benzene rings is 1. The average Bonchev–Trinajstić information content (AvgIpc) is 3.09. The molecule has 0 radical (unpaired) electrons. The summed E-state index contributed by atoms with van der Waals surface area (Å²) >= 11 is 0. The summed E-state index contributed by atoms with van der Waals surface area (Å²) in [6.07, 6.45) is 4.70. The van der Waals surface area contributed by atoms with Gasteiger partial charge in [0.1, 0.15) is 0 Å². The van der Waals surface area contributed by atoms with Gasteiger partial charge in [-0.15, -0.1) is 0 Å². The first kappa shape index (κ1) is 13.2. The molecule has 4 heteroatoms. The van der Waals surface area contributed by atoms with Crippen molar-refractivity contribution in [2.45, 2.75) is 38.1 Å². The lowest BCUT2D eigenvalue weighted by Gasteiger charge is -2.18. The van der Waals surface area contributed by atoms with Crippen LogP contribution in [0.1, 0.15) is 32.1 Å². The number of nitrogens with zero attached hydrogens (tertiary/aromatic N) is 1. The van der Waals surface area contributed by atoms with Crippen LogP contribution in [0.5, 0.6) is 0 Å². The van der Waals surface area contributed by atoms with Gasteiger partial charge in [-0.25, -0.2) is 0 Å². The fraction of sp³-hybridized carbons (Fsp3) is 0.500. The summed E-state index contributed by atoms with van der Waals surface area (Å²) in [5, 5.41) is 3.05.